The number of carbonyl (C=O) groups is 3. The topological polar surface area (TPSA) is 57.7 Å². The number of halogens is 3. The van der Waals surface area contributed by atoms with Crippen LogP contribution >= 0.6 is 0 Å². The number of imide groups is 1. The minimum atomic E-state index is -4.37. The highest BCUT2D eigenvalue weighted by molar-refractivity contribution is 6.22. The third-order valence-electron chi connectivity index (χ3n) is 4.48. The first-order valence-electron chi connectivity index (χ1n) is 8.54. The SMILES string of the molecule is CN(CCC(F)(F)F)C(=O)c1ccc2c(c1)C(=O)N(Cc1ccccc1)C2=O. The van der Waals surface area contributed by atoms with Gasteiger partial charge in [0.2, 0.25) is 0 Å². The summed E-state index contributed by atoms with van der Waals surface area (Å²) in [6.45, 7) is -0.394. The van der Waals surface area contributed by atoms with Crippen molar-refractivity contribution in [1.29, 1.82) is 0 Å². The fraction of sp³-hybridized carbons (Fsp3) is 0.250. The summed E-state index contributed by atoms with van der Waals surface area (Å²) in [5.74, 6) is -1.64. The highest BCUT2D eigenvalue weighted by Crippen LogP contribution is 2.26. The van der Waals surface area contributed by atoms with Crippen LogP contribution in [0.3, 0.4) is 0 Å². The van der Waals surface area contributed by atoms with Crippen LogP contribution in [0.1, 0.15) is 43.1 Å². The van der Waals surface area contributed by atoms with Crippen LogP contribution in [0, 0.1) is 0 Å². The summed E-state index contributed by atoms with van der Waals surface area (Å²) in [6.07, 6.45) is -5.49. The van der Waals surface area contributed by atoms with Crippen molar-refractivity contribution in [2.24, 2.45) is 0 Å². The molecule has 3 amide bonds. The van der Waals surface area contributed by atoms with Gasteiger partial charge in [-0.3, -0.25) is 19.3 Å². The molecule has 0 aromatic heterocycles. The molecular formula is C20H17F3N2O3. The van der Waals surface area contributed by atoms with Crippen LogP contribution in [-0.2, 0) is 6.54 Å². The van der Waals surface area contributed by atoms with Crippen LogP contribution in [0.15, 0.2) is 48.5 Å². The maximum Gasteiger partial charge on any atom is 0.390 e. The zero-order chi connectivity index (χ0) is 20.5. The molecule has 3 rings (SSSR count). The number of amides is 3. The lowest BCUT2D eigenvalue weighted by molar-refractivity contribution is -0.136. The number of fused-ring (bicyclic) bond motifs is 1. The van der Waals surface area contributed by atoms with Crippen molar-refractivity contribution in [2.75, 3.05) is 13.6 Å². The molecule has 0 radical (unpaired) electrons. The molecule has 8 heteroatoms. The minimum Gasteiger partial charge on any atom is -0.341 e. The maximum absolute atomic E-state index is 12.6. The molecule has 0 saturated carbocycles. The Kier molecular flexibility index (Phi) is 5.22. The summed E-state index contributed by atoms with van der Waals surface area (Å²) in [5, 5.41) is 0. The van der Waals surface area contributed by atoms with E-state index in [4.69, 9.17) is 0 Å². The van der Waals surface area contributed by atoms with E-state index in [0.29, 0.717) is 0 Å². The molecule has 0 bridgehead atoms. The summed E-state index contributed by atoms with van der Waals surface area (Å²) in [5.41, 5.74) is 1.10. The first-order chi connectivity index (χ1) is 13.2. The average molecular weight is 390 g/mol. The zero-order valence-corrected chi connectivity index (χ0v) is 15.0. The van der Waals surface area contributed by atoms with Crippen molar-refractivity contribution in [3.63, 3.8) is 0 Å². The molecule has 1 aliphatic rings. The van der Waals surface area contributed by atoms with Crippen molar-refractivity contribution >= 4 is 17.7 Å². The Morgan fingerprint density at radius 1 is 1.00 bits per heavy atom. The number of hydrogen-bond donors (Lipinski definition) is 0. The lowest BCUT2D eigenvalue weighted by Gasteiger charge is -2.18. The lowest BCUT2D eigenvalue weighted by atomic mass is 10.0. The van der Waals surface area contributed by atoms with Gasteiger partial charge in [-0.1, -0.05) is 30.3 Å². The largest absolute Gasteiger partial charge is 0.390 e. The lowest BCUT2D eigenvalue weighted by Crippen LogP contribution is -2.30. The molecule has 0 N–H and O–H groups in total. The number of alkyl halides is 3. The van der Waals surface area contributed by atoms with E-state index in [1.165, 1.54) is 25.2 Å². The Morgan fingerprint density at radius 3 is 2.29 bits per heavy atom. The summed E-state index contributed by atoms with van der Waals surface area (Å²) in [6, 6.07) is 13.0. The van der Waals surface area contributed by atoms with E-state index >= 15 is 0 Å². The smallest absolute Gasteiger partial charge is 0.341 e. The van der Waals surface area contributed by atoms with E-state index in [1.54, 1.807) is 24.3 Å². The van der Waals surface area contributed by atoms with Crippen LogP contribution in [0.4, 0.5) is 13.2 Å². The molecule has 2 aromatic carbocycles. The summed E-state index contributed by atoms with van der Waals surface area (Å²) < 4.78 is 37.1. The van der Waals surface area contributed by atoms with Gasteiger partial charge < -0.3 is 4.90 Å². The van der Waals surface area contributed by atoms with Gasteiger partial charge in [-0.15, -0.1) is 0 Å². The van der Waals surface area contributed by atoms with Crippen molar-refractivity contribution in [3.8, 4) is 0 Å². The van der Waals surface area contributed by atoms with Crippen molar-refractivity contribution < 1.29 is 27.6 Å². The molecule has 0 spiro atoms. The van der Waals surface area contributed by atoms with Gasteiger partial charge in [0, 0.05) is 19.2 Å². The molecule has 0 unspecified atom stereocenters. The van der Waals surface area contributed by atoms with Crippen molar-refractivity contribution in [2.45, 2.75) is 19.1 Å². The molecule has 146 valence electrons. The molecular weight excluding hydrogens is 373 g/mol. The van der Waals surface area contributed by atoms with Gasteiger partial charge >= 0.3 is 6.18 Å². The van der Waals surface area contributed by atoms with Gasteiger partial charge in [-0.05, 0) is 23.8 Å². The van der Waals surface area contributed by atoms with Crippen LogP contribution in [-0.4, -0.2) is 47.3 Å². The van der Waals surface area contributed by atoms with Gasteiger partial charge in [0.15, 0.2) is 0 Å². The predicted molar refractivity (Wildman–Crippen MR) is 94.7 cm³/mol. The molecule has 28 heavy (non-hydrogen) atoms. The Bertz CT molecular complexity index is 926. The maximum atomic E-state index is 12.6. The minimum absolute atomic E-state index is 0.0612. The average Bonchev–Trinajstić information content (AvgIpc) is 2.90. The predicted octanol–water partition coefficient (Wildman–Crippen LogP) is 3.51. The third kappa shape index (κ3) is 4.05. The second-order valence-electron chi connectivity index (χ2n) is 6.53. The van der Waals surface area contributed by atoms with Gasteiger partial charge in [0.05, 0.1) is 24.1 Å². The number of nitrogens with zero attached hydrogens (tertiary/aromatic N) is 2. The third-order valence-corrected chi connectivity index (χ3v) is 4.48. The number of benzene rings is 2. The molecule has 1 aliphatic heterocycles. The van der Waals surface area contributed by atoms with Crippen LogP contribution in [0.5, 0.6) is 0 Å². The van der Waals surface area contributed by atoms with Gasteiger partial charge in [0.25, 0.3) is 17.7 Å². The Labute approximate surface area is 159 Å². The molecule has 5 nitrogen and oxygen atoms in total. The second-order valence-corrected chi connectivity index (χ2v) is 6.53. The molecule has 0 fully saturated rings. The van der Waals surface area contributed by atoms with Crippen molar-refractivity contribution in [3.05, 3.63) is 70.8 Å². The van der Waals surface area contributed by atoms with E-state index in [0.717, 1.165) is 15.4 Å². The highest BCUT2D eigenvalue weighted by Gasteiger charge is 2.36. The Balaban J connectivity index is 1.78. The molecule has 2 aromatic rings. The number of hydrogen-bond acceptors (Lipinski definition) is 3. The Morgan fingerprint density at radius 2 is 1.64 bits per heavy atom. The van der Waals surface area contributed by atoms with Crippen LogP contribution in [0.2, 0.25) is 0 Å². The first kappa shape index (κ1) is 19.6. The zero-order valence-electron chi connectivity index (χ0n) is 15.0. The fourth-order valence-corrected chi connectivity index (χ4v) is 2.95. The first-order valence-corrected chi connectivity index (χ1v) is 8.54. The number of rotatable bonds is 5. The number of carbonyl (C=O) groups excluding carboxylic acids is 3. The second kappa shape index (κ2) is 7.46. The molecule has 0 atom stereocenters. The van der Waals surface area contributed by atoms with Crippen molar-refractivity contribution in [1.82, 2.24) is 9.80 Å². The quantitative estimate of drug-likeness (QED) is 0.735. The fourth-order valence-electron chi connectivity index (χ4n) is 2.95. The normalized spacial score (nSPS) is 13.6. The monoisotopic (exact) mass is 390 g/mol. The summed E-state index contributed by atoms with van der Waals surface area (Å²) >= 11 is 0. The highest BCUT2D eigenvalue weighted by atomic mass is 19.4. The molecule has 0 saturated heterocycles. The van der Waals surface area contributed by atoms with E-state index in [9.17, 15) is 27.6 Å². The van der Waals surface area contributed by atoms with E-state index < -0.39 is 36.9 Å². The summed E-state index contributed by atoms with van der Waals surface area (Å²) in [4.78, 5) is 39.6. The van der Waals surface area contributed by atoms with E-state index in [2.05, 4.69) is 0 Å². The van der Waals surface area contributed by atoms with Crippen LogP contribution < -0.4 is 0 Å². The standard InChI is InChI=1S/C20H17F3N2O3/c1-24(10-9-20(21,22)23)17(26)14-7-8-15-16(11-14)19(28)25(18(15)27)12-13-5-3-2-4-6-13/h2-8,11H,9-10,12H2,1H3. The van der Waals surface area contributed by atoms with Gasteiger partial charge in [-0.25, -0.2) is 0 Å². The summed E-state index contributed by atoms with van der Waals surface area (Å²) in [7, 11) is 1.26. The van der Waals surface area contributed by atoms with Gasteiger partial charge in [-0.2, -0.15) is 13.2 Å². The van der Waals surface area contributed by atoms with E-state index in [1.807, 2.05) is 6.07 Å². The van der Waals surface area contributed by atoms with E-state index in [-0.39, 0.29) is 23.2 Å². The van der Waals surface area contributed by atoms with Gasteiger partial charge in [0.1, 0.15) is 0 Å². The molecule has 0 aliphatic carbocycles. The Hall–Kier alpha value is -3.16. The molecule has 1 heterocycles. The van der Waals surface area contributed by atoms with Crippen LogP contribution in [0.25, 0.3) is 0 Å².